The molecule has 1 unspecified atom stereocenters. The van der Waals surface area contributed by atoms with Crippen molar-refractivity contribution in [3.63, 3.8) is 0 Å². The van der Waals surface area contributed by atoms with Gasteiger partial charge in [0.15, 0.2) is 0 Å². The van der Waals surface area contributed by atoms with E-state index in [-0.39, 0.29) is 0 Å². The molecule has 1 aromatic carbocycles. The molecule has 3 heteroatoms. The maximum atomic E-state index is 5.90. The van der Waals surface area contributed by atoms with E-state index in [9.17, 15) is 0 Å². The molecule has 0 aliphatic carbocycles. The third kappa shape index (κ3) is 5.13. The van der Waals surface area contributed by atoms with Gasteiger partial charge in [0.2, 0.25) is 0 Å². The Labute approximate surface area is 122 Å². The molecule has 2 rings (SSSR count). The van der Waals surface area contributed by atoms with Crippen LogP contribution >= 0.6 is 11.6 Å². The van der Waals surface area contributed by atoms with Crippen molar-refractivity contribution in [3.05, 3.63) is 34.9 Å². The van der Waals surface area contributed by atoms with E-state index in [1.165, 1.54) is 50.9 Å². The molecule has 19 heavy (non-hydrogen) atoms. The second kappa shape index (κ2) is 7.88. The maximum Gasteiger partial charge on any atom is 0.0406 e. The van der Waals surface area contributed by atoms with Crippen LogP contribution in [0.3, 0.4) is 0 Å². The summed E-state index contributed by atoms with van der Waals surface area (Å²) in [7, 11) is 0. The number of piperidine rings is 1. The molecule has 1 fully saturated rings. The van der Waals surface area contributed by atoms with Gasteiger partial charge >= 0.3 is 0 Å². The first-order valence-electron chi connectivity index (χ1n) is 7.47. The first-order chi connectivity index (χ1) is 9.25. The molecule has 0 saturated carbocycles. The van der Waals surface area contributed by atoms with Crippen LogP contribution in [0, 0.1) is 0 Å². The van der Waals surface area contributed by atoms with Gasteiger partial charge < -0.3 is 10.2 Å². The monoisotopic (exact) mass is 280 g/mol. The zero-order valence-electron chi connectivity index (χ0n) is 11.9. The van der Waals surface area contributed by atoms with Crippen molar-refractivity contribution in [3.8, 4) is 0 Å². The summed E-state index contributed by atoms with van der Waals surface area (Å²) in [5.74, 6) is 0. The fraction of sp³-hybridized carbons (Fsp3) is 0.625. The predicted molar refractivity (Wildman–Crippen MR) is 82.8 cm³/mol. The number of halogens is 1. The molecule has 1 atom stereocenters. The summed E-state index contributed by atoms with van der Waals surface area (Å²) in [6.45, 7) is 7.13. The largest absolute Gasteiger partial charge is 0.310 e. The Morgan fingerprint density at radius 1 is 1.16 bits per heavy atom. The van der Waals surface area contributed by atoms with E-state index in [0.29, 0.717) is 6.04 Å². The molecule has 0 spiro atoms. The zero-order valence-corrected chi connectivity index (χ0v) is 12.6. The van der Waals surface area contributed by atoms with Crippen LogP contribution in [-0.4, -0.2) is 31.1 Å². The number of likely N-dealkylation sites (tertiary alicyclic amines) is 1. The maximum absolute atomic E-state index is 5.90. The van der Waals surface area contributed by atoms with Crippen molar-refractivity contribution in [2.45, 2.75) is 38.6 Å². The summed E-state index contributed by atoms with van der Waals surface area (Å²) < 4.78 is 0. The molecule has 1 aliphatic rings. The van der Waals surface area contributed by atoms with Crippen LogP contribution in [0.1, 0.15) is 44.2 Å². The fourth-order valence-corrected chi connectivity index (χ4v) is 2.80. The van der Waals surface area contributed by atoms with E-state index in [4.69, 9.17) is 11.6 Å². The molecule has 106 valence electrons. The molecule has 2 nitrogen and oxygen atoms in total. The Morgan fingerprint density at radius 2 is 1.84 bits per heavy atom. The third-order valence-corrected chi connectivity index (χ3v) is 4.17. The Hall–Kier alpha value is -0.570. The number of nitrogens with zero attached hydrogens (tertiary/aromatic N) is 1. The van der Waals surface area contributed by atoms with Gasteiger partial charge in [0.05, 0.1) is 0 Å². The van der Waals surface area contributed by atoms with Crippen LogP contribution in [0.2, 0.25) is 5.02 Å². The Balaban J connectivity index is 1.63. The molecule has 1 saturated heterocycles. The van der Waals surface area contributed by atoms with Crippen LogP contribution < -0.4 is 5.32 Å². The summed E-state index contributed by atoms with van der Waals surface area (Å²) >= 11 is 5.90. The lowest BCUT2D eigenvalue weighted by Gasteiger charge is -2.26. The molecule has 0 aromatic heterocycles. The lowest BCUT2D eigenvalue weighted by molar-refractivity contribution is 0.225. The number of nitrogens with one attached hydrogen (secondary N) is 1. The molecule has 1 aromatic rings. The molecular weight excluding hydrogens is 256 g/mol. The van der Waals surface area contributed by atoms with Gasteiger partial charge in [0.25, 0.3) is 0 Å². The van der Waals surface area contributed by atoms with Gasteiger partial charge in [-0.05, 0) is 70.1 Å². The Bertz CT molecular complexity index is 358. The molecule has 1 aliphatic heterocycles. The third-order valence-electron chi connectivity index (χ3n) is 3.92. The molecule has 1 N–H and O–H groups in total. The fourth-order valence-electron chi connectivity index (χ4n) is 2.67. The first-order valence-corrected chi connectivity index (χ1v) is 7.85. The van der Waals surface area contributed by atoms with Gasteiger partial charge in [0, 0.05) is 11.1 Å². The van der Waals surface area contributed by atoms with Gasteiger partial charge in [-0.25, -0.2) is 0 Å². The zero-order chi connectivity index (χ0) is 13.5. The number of rotatable bonds is 6. The Morgan fingerprint density at radius 3 is 2.53 bits per heavy atom. The van der Waals surface area contributed by atoms with Crippen LogP contribution in [0.4, 0.5) is 0 Å². The first kappa shape index (κ1) is 14.8. The van der Waals surface area contributed by atoms with E-state index in [1.54, 1.807) is 0 Å². The summed E-state index contributed by atoms with van der Waals surface area (Å²) in [6, 6.07) is 8.53. The predicted octanol–water partition coefficient (Wildman–Crippen LogP) is 3.87. The number of hydrogen-bond acceptors (Lipinski definition) is 2. The lowest BCUT2D eigenvalue weighted by atomic mass is 10.1. The van der Waals surface area contributed by atoms with Crippen molar-refractivity contribution < 1.29 is 0 Å². The minimum atomic E-state index is 0.402. The summed E-state index contributed by atoms with van der Waals surface area (Å²) in [4.78, 5) is 2.60. The quantitative estimate of drug-likeness (QED) is 0.796. The van der Waals surface area contributed by atoms with E-state index in [0.717, 1.165) is 11.6 Å². The second-order valence-electron chi connectivity index (χ2n) is 5.48. The summed E-state index contributed by atoms with van der Waals surface area (Å²) in [5, 5.41) is 4.39. The summed E-state index contributed by atoms with van der Waals surface area (Å²) in [5.41, 5.74) is 1.31. The minimum absolute atomic E-state index is 0.402. The molecule has 0 bridgehead atoms. The van der Waals surface area contributed by atoms with Gasteiger partial charge in [-0.2, -0.15) is 0 Å². The van der Waals surface area contributed by atoms with E-state index in [2.05, 4.69) is 29.3 Å². The average molecular weight is 281 g/mol. The smallest absolute Gasteiger partial charge is 0.0406 e. The van der Waals surface area contributed by atoms with Gasteiger partial charge in [0.1, 0.15) is 0 Å². The van der Waals surface area contributed by atoms with Crippen molar-refractivity contribution in [1.82, 2.24) is 10.2 Å². The van der Waals surface area contributed by atoms with Crippen molar-refractivity contribution in [1.29, 1.82) is 0 Å². The minimum Gasteiger partial charge on any atom is -0.310 e. The normalized spacial score (nSPS) is 18.4. The standard InChI is InChI=1S/C16H25ClN2/c1-14(15-6-8-16(17)9-7-15)18-10-5-13-19-11-3-2-4-12-19/h6-9,14,18H,2-5,10-13H2,1H3. The van der Waals surface area contributed by atoms with Crippen molar-refractivity contribution in [2.75, 3.05) is 26.2 Å². The lowest BCUT2D eigenvalue weighted by Crippen LogP contribution is -2.32. The molecule has 1 heterocycles. The molecule has 0 amide bonds. The van der Waals surface area contributed by atoms with E-state index < -0.39 is 0 Å². The number of benzene rings is 1. The topological polar surface area (TPSA) is 15.3 Å². The van der Waals surface area contributed by atoms with E-state index in [1.807, 2.05) is 12.1 Å². The highest BCUT2D eigenvalue weighted by Crippen LogP contribution is 2.16. The molecular formula is C16H25ClN2. The van der Waals surface area contributed by atoms with Crippen LogP contribution in [-0.2, 0) is 0 Å². The van der Waals surface area contributed by atoms with Crippen LogP contribution in [0.15, 0.2) is 24.3 Å². The second-order valence-corrected chi connectivity index (χ2v) is 5.92. The summed E-state index contributed by atoms with van der Waals surface area (Å²) in [6.07, 6.45) is 5.42. The Kier molecular flexibility index (Phi) is 6.15. The van der Waals surface area contributed by atoms with Crippen LogP contribution in [0.5, 0.6) is 0 Å². The van der Waals surface area contributed by atoms with Gasteiger partial charge in [-0.3, -0.25) is 0 Å². The number of hydrogen-bond donors (Lipinski definition) is 1. The molecule has 0 radical (unpaired) electrons. The van der Waals surface area contributed by atoms with Gasteiger partial charge in [-0.1, -0.05) is 30.2 Å². The SMILES string of the molecule is CC(NCCCN1CCCCC1)c1ccc(Cl)cc1. The van der Waals surface area contributed by atoms with Gasteiger partial charge in [-0.15, -0.1) is 0 Å². The van der Waals surface area contributed by atoms with Crippen molar-refractivity contribution >= 4 is 11.6 Å². The average Bonchev–Trinajstić information content (AvgIpc) is 2.45. The van der Waals surface area contributed by atoms with Crippen LogP contribution in [0.25, 0.3) is 0 Å². The van der Waals surface area contributed by atoms with Crippen molar-refractivity contribution in [2.24, 2.45) is 0 Å². The highest BCUT2D eigenvalue weighted by Gasteiger charge is 2.09. The van der Waals surface area contributed by atoms with E-state index >= 15 is 0 Å². The highest BCUT2D eigenvalue weighted by molar-refractivity contribution is 6.30. The highest BCUT2D eigenvalue weighted by atomic mass is 35.5.